The van der Waals surface area contributed by atoms with Gasteiger partial charge >= 0.3 is 11.7 Å². The molecule has 1 unspecified atom stereocenters. The summed E-state index contributed by atoms with van der Waals surface area (Å²) < 4.78 is 2.92. The number of carbonyl (C=O) groups excluding carboxylic acids is 2. The molecule has 1 aromatic heterocycles. The Hall–Kier alpha value is -3.92. The van der Waals surface area contributed by atoms with Gasteiger partial charge in [-0.05, 0) is 68.4 Å². The number of piperidine rings is 1. The molecule has 2 aromatic carbocycles. The number of hydrogen-bond donors (Lipinski definition) is 3. The minimum atomic E-state index is -0.331. The van der Waals surface area contributed by atoms with Gasteiger partial charge in [0.25, 0.3) is 5.56 Å². The van der Waals surface area contributed by atoms with E-state index < -0.39 is 0 Å². The zero-order chi connectivity index (χ0) is 28.4. The van der Waals surface area contributed by atoms with Gasteiger partial charge in [-0.1, -0.05) is 23.7 Å². The zero-order valence-corrected chi connectivity index (χ0v) is 23.2. The fraction of sp³-hybridized carbons (Fsp3) is 0.414. The normalized spacial score (nSPS) is 17.1. The Morgan fingerprint density at radius 2 is 1.90 bits per heavy atom. The van der Waals surface area contributed by atoms with Crippen LogP contribution in [0.25, 0.3) is 10.9 Å². The topological polar surface area (TPSA) is 129 Å². The first-order valence-corrected chi connectivity index (χ1v) is 14.1. The molecular weight excluding hydrogens is 532 g/mol. The molecule has 0 spiro atoms. The lowest BCUT2D eigenvalue weighted by molar-refractivity contribution is -0.121. The van der Waals surface area contributed by atoms with Gasteiger partial charge in [-0.3, -0.25) is 18.7 Å². The van der Waals surface area contributed by atoms with E-state index in [1.807, 2.05) is 6.92 Å². The van der Waals surface area contributed by atoms with Gasteiger partial charge in [0.15, 0.2) is 0 Å². The van der Waals surface area contributed by atoms with Crippen LogP contribution in [-0.2, 0) is 24.3 Å². The summed E-state index contributed by atoms with van der Waals surface area (Å²) in [6.45, 7) is 3.65. The van der Waals surface area contributed by atoms with Crippen molar-refractivity contribution in [1.29, 1.82) is 5.41 Å². The number of amides is 3. The second-order valence-electron chi connectivity index (χ2n) is 10.6. The van der Waals surface area contributed by atoms with Crippen LogP contribution in [0.5, 0.6) is 0 Å². The van der Waals surface area contributed by atoms with Crippen LogP contribution in [0.1, 0.15) is 43.7 Å². The number of aryl methyl sites for hydroxylation is 1. The summed E-state index contributed by atoms with van der Waals surface area (Å²) in [4.78, 5) is 53.6. The van der Waals surface area contributed by atoms with Crippen LogP contribution in [0.15, 0.2) is 46.0 Å². The Bertz CT molecular complexity index is 1590. The van der Waals surface area contributed by atoms with Gasteiger partial charge in [0.05, 0.1) is 17.3 Å². The molecule has 2 fully saturated rings. The fourth-order valence-corrected chi connectivity index (χ4v) is 5.53. The quantitative estimate of drug-likeness (QED) is 0.361. The molecule has 0 radical (unpaired) electrons. The van der Waals surface area contributed by atoms with Gasteiger partial charge in [0.2, 0.25) is 5.91 Å². The molecule has 0 bridgehead atoms. The predicted octanol–water partition coefficient (Wildman–Crippen LogP) is 3.60. The van der Waals surface area contributed by atoms with Crippen molar-refractivity contribution >= 4 is 46.3 Å². The third-order valence-corrected chi connectivity index (χ3v) is 7.92. The average Bonchev–Trinajstić information content (AvgIpc) is 3.76. The molecule has 10 nitrogen and oxygen atoms in total. The number of halogens is 1. The summed E-state index contributed by atoms with van der Waals surface area (Å²) >= 11 is 6.15. The summed E-state index contributed by atoms with van der Waals surface area (Å²) in [6, 6.07) is 9.73. The number of benzene rings is 2. The highest BCUT2D eigenvalue weighted by molar-refractivity contribution is 6.33. The van der Waals surface area contributed by atoms with E-state index in [2.05, 4.69) is 10.6 Å². The van der Waals surface area contributed by atoms with E-state index in [9.17, 15) is 19.2 Å². The number of nitrogens with zero attached hydrogens (tertiary/aromatic N) is 3. The van der Waals surface area contributed by atoms with Crippen molar-refractivity contribution < 1.29 is 9.59 Å². The number of anilines is 1. The maximum absolute atomic E-state index is 13.2. The van der Waals surface area contributed by atoms with Crippen molar-refractivity contribution in [2.75, 3.05) is 18.4 Å². The molecule has 3 amide bonds. The van der Waals surface area contributed by atoms with Gasteiger partial charge in [-0.2, -0.15) is 0 Å². The Balaban J connectivity index is 1.25. The van der Waals surface area contributed by atoms with Crippen LogP contribution >= 0.6 is 11.6 Å². The van der Waals surface area contributed by atoms with Crippen molar-refractivity contribution in [3.8, 4) is 0 Å². The first-order valence-electron chi connectivity index (χ1n) is 13.7. The molecule has 210 valence electrons. The van der Waals surface area contributed by atoms with Crippen LogP contribution in [0.3, 0.4) is 0 Å². The lowest BCUT2D eigenvalue weighted by atomic mass is 10.0. The molecule has 11 heteroatoms. The van der Waals surface area contributed by atoms with Gasteiger partial charge in [0.1, 0.15) is 0 Å². The van der Waals surface area contributed by atoms with E-state index in [1.54, 1.807) is 45.9 Å². The Labute approximate surface area is 236 Å². The molecule has 5 rings (SSSR count). The molecule has 1 aliphatic carbocycles. The van der Waals surface area contributed by atoms with Crippen LogP contribution in [0.2, 0.25) is 5.02 Å². The van der Waals surface area contributed by atoms with Crippen molar-refractivity contribution in [2.24, 2.45) is 5.92 Å². The number of aromatic nitrogens is 2. The molecule has 1 atom stereocenters. The van der Waals surface area contributed by atoms with E-state index in [0.717, 1.165) is 31.2 Å². The maximum Gasteiger partial charge on any atom is 0.331 e. The highest BCUT2D eigenvalue weighted by Crippen LogP contribution is 2.30. The number of likely N-dealkylation sites (tertiary alicyclic amines) is 1. The van der Waals surface area contributed by atoms with Crippen LogP contribution in [0.4, 0.5) is 10.5 Å². The minimum Gasteiger partial charge on any atom is -0.351 e. The van der Waals surface area contributed by atoms with Gasteiger partial charge in [-0.25, -0.2) is 9.59 Å². The van der Waals surface area contributed by atoms with Gasteiger partial charge < -0.3 is 20.9 Å². The van der Waals surface area contributed by atoms with E-state index in [0.29, 0.717) is 59.3 Å². The molecule has 2 aliphatic rings. The molecular formula is C29H33ClN6O4. The van der Waals surface area contributed by atoms with Crippen LogP contribution in [-0.4, -0.2) is 51.3 Å². The van der Waals surface area contributed by atoms with Crippen LogP contribution in [0, 0.1) is 11.3 Å². The van der Waals surface area contributed by atoms with Crippen molar-refractivity contribution in [2.45, 2.75) is 58.2 Å². The standard InChI is InChI=1S/C29H33ClN6O4/c1-2-35-25-10-9-21(14-23(25)27(38)36(29(35)40)16-18-5-6-18)33-28(39)34-11-3-4-22(17-34)32-26(37)13-19-7-8-20(15-31)24(30)12-19/h7-10,12,14-15,18,22,31H,2-6,11,13,16-17H2,1H3,(H,32,37)(H,33,39). The predicted molar refractivity (Wildman–Crippen MR) is 156 cm³/mol. The molecule has 1 saturated carbocycles. The molecule has 2 heterocycles. The zero-order valence-electron chi connectivity index (χ0n) is 22.4. The van der Waals surface area contributed by atoms with Crippen LogP contribution < -0.4 is 21.9 Å². The van der Waals surface area contributed by atoms with Gasteiger partial charge in [0, 0.05) is 54.7 Å². The third kappa shape index (κ3) is 5.96. The Kier molecular flexibility index (Phi) is 8.07. The van der Waals surface area contributed by atoms with Crippen molar-refractivity contribution in [3.05, 3.63) is 73.4 Å². The maximum atomic E-state index is 13.2. The lowest BCUT2D eigenvalue weighted by Gasteiger charge is -2.33. The smallest absolute Gasteiger partial charge is 0.331 e. The first-order chi connectivity index (χ1) is 19.3. The molecule has 1 aliphatic heterocycles. The fourth-order valence-electron chi connectivity index (χ4n) is 5.27. The summed E-state index contributed by atoms with van der Waals surface area (Å²) in [7, 11) is 0. The Morgan fingerprint density at radius 1 is 1.10 bits per heavy atom. The second-order valence-corrected chi connectivity index (χ2v) is 11.0. The highest BCUT2D eigenvalue weighted by atomic mass is 35.5. The van der Waals surface area contributed by atoms with Crippen molar-refractivity contribution in [1.82, 2.24) is 19.4 Å². The third-order valence-electron chi connectivity index (χ3n) is 7.59. The summed E-state index contributed by atoms with van der Waals surface area (Å²) in [5.41, 5.74) is 1.75. The SMILES string of the molecule is CCn1c(=O)n(CC2CC2)c(=O)c2cc(NC(=O)N3CCCC(NC(=O)Cc4ccc(C=N)c(Cl)c4)C3)ccc21. The number of fused-ring (bicyclic) bond motifs is 1. The number of hydrogen-bond acceptors (Lipinski definition) is 5. The van der Waals surface area contributed by atoms with Gasteiger partial charge in [-0.15, -0.1) is 0 Å². The van der Waals surface area contributed by atoms with E-state index in [1.165, 1.54) is 10.8 Å². The number of urea groups is 1. The van der Waals surface area contributed by atoms with E-state index in [-0.39, 0.29) is 35.6 Å². The van der Waals surface area contributed by atoms with Crippen molar-refractivity contribution in [3.63, 3.8) is 0 Å². The second kappa shape index (κ2) is 11.7. The number of carbonyl (C=O) groups is 2. The lowest BCUT2D eigenvalue weighted by Crippen LogP contribution is -2.51. The monoisotopic (exact) mass is 564 g/mol. The van der Waals surface area contributed by atoms with E-state index in [4.69, 9.17) is 17.0 Å². The first kappa shape index (κ1) is 27.6. The molecule has 40 heavy (non-hydrogen) atoms. The highest BCUT2D eigenvalue weighted by Gasteiger charge is 2.26. The van der Waals surface area contributed by atoms with E-state index >= 15 is 0 Å². The average molecular weight is 565 g/mol. The number of nitrogens with one attached hydrogen (secondary N) is 3. The summed E-state index contributed by atoms with van der Waals surface area (Å²) in [6.07, 6.45) is 4.87. The number of rotatable bonds is 8. The molecule has 1 saturated heterocycles. The molecule has 3 aromatic rings. The molecule has 3 N–H and O–H groups in total. The Morgan fingerprint density at radius 3 is 2.60 bits per heavy atom. The minimum absolute atomic E-state index is 0.152. The summed E-state index contributed by atoms with van der Waals surface area (Å²) in [5, 5.41) is 14.1. The largest absolute Gasteiger partial charge is 0.351 e. The summed E-state index contributed by atoms with van der Waals surface area (Å²) in [5.74, 6) is 0.208.